The van der Waals surface area contributed by atoms with Gasteiger partial charge in [-0.3, -0.25) is 0 Å². The Morgan fingerprint density at radius 1 is 1.32 bits per heavy atom. The molecule has 108 valence electrons. The number of hydrogen-bond donors (Lipinski definition) is 1. The van der Waals surface area contributed by atoms with Crippen molar-refractivity contribution in [3.63, 3.8) is 0 Å². The highest BCUT2D eigenvalue weighted by Crippen LogP contribution is 2.14. The van der Waals surface area contributed by atoms with Gasteiger partial charge in [-0.25, -0.2) is 4.98 Å². The summed E-state index contributed by atoms with van der Waals surface area (Å²) in [4.78, 5) is 8.73. The molecule has 0 aliphatic carbocycles. The Morgan fingerprint density at radius 3 is 2.63 bits per heavy atom. The first-order valence-corrected chi connectivity index (χ1v) is 7.17. The summed E-state index contributed by atoms with van der Waals surface area (Å²) in [6.07, 6.45) is 3.24. The summed E-state index contributed by atoms with van der Waals surface area (Å²) in [5.74, 6) is 2.11. The van der Waals surface area contributed by atoms with Crippen LogP contribution in [0.2, 0.25) is 0 Å². The van der Waals surface area contributed by atoms with Gasteiger partial charge in [0.1, 0.15) is 5.82 Å². The first-order chi connectivity index (χ1) is 9.05. The van der Waals surface area contributed by atoms with Crippen molar-refractivity contribution in [2.45, 2.75) is 53.0 Å². The van der Waals surface area contributed by atoms with E-state index in [1.54, 1.807) is 7.11 Å². The molecule has 0 saturated heterocycles. The van der Waals surface area contributed by atoms with E-state index in [-0.39, 0.29) is 0 Å². The van der Waals surface area contributed by atoms with Crippen molar-refractivity contribution in [2.75, 3.05) is 13.7 Å². The van der Waals surface area contributed by atoms with E-state index in [0.717, 1.165) is 37.3 Å². The van der Waals surface area contributed by atoms with Crippen LogP contribution in [0.15, 0.2) is 6.07 Å². The molecule has 0 bridgehead atoms. The third-order valence-electron chi connectivity index (χ3n) is 2.97. The molecule has 0 aliphatic rings. The number of methoxy groups -OCH3 is 1. The maximum Gasteiger partial charge on any atom is 0.216 e. The van der Waals surface area contributed by atoms with E-state index in [1.807, 2.05) is 13.0 Å². The van der Waals surface area contributed by atoms with Crippen LogP contribution in [0, 0.1) is 12.8 Å². The monoisotopic (exact) mass is 265 g/mol. The van der Waals surface area contributed by atoms with Crippen LogP contribution in [-0.2, 0) is 6.42 Å². The van der Waals surface area contributed by atoms with Crippen LogP contribution >= 0.6 is 0 Å². The van der Waals surface area contributed by atoms with Crippen molar-refractivity contribution >= 4 is 0 Å². The smallest absolute Gasteiger partial charge is 0.216 e. The number of rotatable bonds is 8. The van der Waals surface area contributed by atoms with Crippen molar-refractivity contribution in [1.29, 1.82) is 0 Å². The maximum atomic E-state index is 5.21. The number of nitrogens with zero attached hydrogens (tertiary/aromatic N) is 2. The van der Waals surface area contributed by atoms with Crippen molar-refractivity contribution in [1.82, 2.24) is 15.3 Å². The quantitative estimate of drug-likeness (QED) is 0.785. The maximum absolute atomic E-state index is 5.21. The lowest BCUT2D eigenvalue weighted by Gasteiger charge is -2.20. The third kappa shape index (κ3) is 6.01. The fourth-order valence-corrected chi connectivity index (χ4v) is 2.22. The standard InChI is InChI=1S/C15H27N3O/c1-6-7-16-13(8-11(2)3)9-14-10-15(19-5)18-12(4)17-14/h10-11,13,16H,6-9H2,1-5H3. The van der Waals surface area contributed by atoms with Crippen LogP contribution in [-0.4, -0.2) is 29.7 Å². The van der Waals surface area contributed by atoms with Crippen LogP contribution in [0.4, 0.5) is 0 Å². The van der Waals surface area contributed by atoms with Gasteiger partial charge < -0.3 is 10.1 Å². The fourth-order valence-electron chi connectivity index (χ4n) is 2.22. The molecule has 1 atom stereocenters. The van der Waals surface area contributed by atoms with Crippen LogP contribution in [0.5, 0.6) is 5.88 Å². The van der Waals surface area contributed by atoms with E-state index in [2.05, 4.69) is 36.1 Å². The van der Waals surface area contributed by atoms with Gasteiger partial charge in [0.2, 0.25) is 5.88 Å². The van der Waals surface area contributed by atoms with Gasteiger partial charge in [-0.1, -0.05) is 20.8 Å². The predicted octanol–water partition coefficient (Wildman–Crippen LogP) is 2.75. The fraction of sp³-hybridized carbons (Fsp3) is 0.733. The molecule has 1 aromatic rings. The molecule has 1 N–H and O–H groups in total. The molecule has 0 amide bonds. The molecule has 0 aromatic carbocycles. The molecule has 1 unspecified atom stereocenters. The molecular formula is C15H27N3O. The Kier molecular flexibility index (Phi) is 6.78. The van der Waals surface area contributed by atoms with Gasteiger partial charge in [-0.2, -0.15) is 4.98 Å². The Hall–Kier alpha value is -1.16. The summed E-state index contributed by atoms with van der Waals surface area (Å²) in [5.41, 5.74) is 1.05. The zero-order valence-electron chi connectivity index (χ0n) is 12.9. The van der Waals surface area contributed by atoms with Crippen molar-refractivity contribution in [3.8, 4) is 5.88 Å². The van der Waals surface area contributed by atoms with Gasteiger partial charge in [0.15, 0.2) is 0 Å². The molecule has 0 aliphatic heterocycles. The number of aromatic nitrogens is 2. The summed E-state index contributed by atoms with van der Waals surface area (Å²) in [6.45, 7) is 9.66. The minimum absolute atomic E-state index is 0.471. The zero-order valence-corrected chi connectivity index (χ0v) is 12.9. The van der Waals surface area contributed by atoms with E-state index in [1.165, 1.54) is 0 Å². The van der Waals surface area contributed by atoms with Crippen LogP contribution in [0.25, 0.3) is 0 Å². The number of hydrogen-bond acceptors (Lipinski definition) is 4. The van der Waals surface area contributed by atoms with Crippen molar-refractivity contribution in [3.05, 3.63) is 17.6 Å². The average Bonchev–Trinajstić information content (AvgIpc) is 2.34. The van der Waals surface area contributed by atoms with Crippen LogP contribution < -0.4 is 10.1 Å². The van der Waals surface area contributed by atoms with Crippen molar-refractivity contribution < 1.29 is 4.74 Å². The number of ether oxygens (including phenoxy) is 1. The van der Waals surface area contributed by atoms with Gasteiger partial charge >= 0.3 is 0 Å². The van der Waals surface area contributed by atoms with Gasteiger partial charge in [-0.15, -0.1) is 0 Å². The lowest BCUT2D eigenvalue weighted by atomic mass is 9.99. The highest BCUT2D eigenvalue weighted by Gasteiger charge is 2.13. The Bertz CT molecular complexity index is 380. The molecule has 0 spiro atoms. The highest BCUT2D eigenvalue weighted by atomic mass is 16.5. The minimum atomic E-state index is 0.471. The lowest BCUT2D eigenvalue weighted by molar-refractivity contribution is 0.390. The Balaban J connectivity index is 2.73. The summed E-state index contributed by atoms with van der Waals surface area (Å²) in [7, 11) is 1.65. The van der Waals surface area contributed by atoms with Gasteiger partial charge in [-0.05, 0) is 32.2 Å². The molecule has 1 heterocycles. The summed E-state index contributed by atoms with van der Waals surface area (Å²) in [5, 5.41) is 3.60. The highest BCUT2D eigenvalue weighted by molar-refractivity contribution is 5.17. The molecule has 19 heavy (non-hydrogen) atoms. The normalized spacial score (nSPS) is 12.7. The number of nitrogens with one attached hydrogen (secondary N) is 1. The Labute approximate surface area is 117 Å². The lowest BCUT2D eigenvalue weighted by Crippen LogP contribution is -2.33. The molecule has 4 heteroatoms. The summed E-state index contributed by atoms with van der Waals surface area (Å²) < 4.78 is 5.21. The third-order valence-corrected chi connectivity index (χ3v) is 2.97. The van der Waals surface area contributed by atoms with Crippen LogP contribution in [0.3, 0.4) is 0 Å². The zero-order chi connectivity index (χ0) is 14.3. The first-order valence-electron chi connectivity index (χ1n) is 7.17. The van der Waals surface area contributed by atoms with E-state index < -0.39 is 0 Å². The Morgan fingerprint density at radius 2 is 2.05 bits per heavy atom. The molecule has 0 radical (unpaired) electrons. The minimum Gasteiger partial charge on any atom is -0.481 e. The second kappa shape index (κ2) is 8.10. The molecule has 1 aromatic heterocycles. The van der Waals surface area contributed by atoms with Gasteiger partial charge in [0.05, 0.1) is 7.11 Å². The molecule has 0 saturated carbocycles. The van der Waals surface area contributed by atoms with Gasteiger partial charge in [0, 0.05) is 24.2 Å². The topological polar surface area (TPSA) is 47.0 Å². The average molecular weight is 265 g/mol. The molecule has 1 rings (SSSR count). The number of aryl methyl sites for hydroxylation is 1. The summed E-state index contributed by atoms with van der Waals surface area (Å²) in [6, 6.07) is 2.41. The van der Waals surface area contributed by atoms with E-state index in [9.17, 15) is 0 Å². The van der Waals surface area contributed by atoms with Gasteiger partial charge in [0.25, 0.3) is 0 Å². The second-order valence-electron chi connectivity index (χ2n) is 5.43. The largest absolute Gasteiger partial charge is 0.481 e. The molecular weight excluding hydrogens is 238 g/mol. The first kappa shape index (κ1) is 15.9. The predicted molar refractivity (Wildman–Crippen MR) is 78.6 cm³/mol. The summed E-state index contributed by atoms with van der Waals surface area (Å²) >= 11 is 0. The SMILES string of the molecule is CCCNC(Cc1cc(OC)nc(C)n1)CC(C)C. The van der Waals surface area contributed by atoms with E-state index in [4.69, 9.17) is 4.74 Å². The molecule has 4 nitrogen and oxygen atoms in total. The second-order valence-corrected chi connectivity index (χ2v) is 5.43. The molecule has 0 fully saturated rings. The van der Waals surface area contributed by atoms with E-state index in [0.29, 0.717) is 17.8 Å². The van der Waals surface area contributed by atoms with Crippen LogP contribution in [0.1, 0.15) is 45.1 Å². The van der Waals surface area contributed by atoms with Crippen molar-refractivity contribution in [2.24, 2.45) is 5.92 Å². The van der Waals surface area contributed by atoms with E-state index >= 15 is 0 Å².